The number of nitrogens with one attached hydrogen (secondary N) is 2. The number of amides is 1. The van der Waals surface area contributed by atoms with E-state index in [0.29, 0.717) is 16.4 Å². The highest BCUT2D eigenvalue weighted by atomic mass is 32.2. The predicted molar refractivity (Wildman–Crippen MR) is 109 cm³/mol. The summed E-state index contributed by atoms with van der Waals surface area (Å²) in [5, 5.41) is 0.400. The second-order valence-electron chi connectivity index (χ2n) is 6.67. The van der Waals surface area contributed by atoms with Gasteiger partial charge in [-0.05, 0) is 30.3 Å². The van der Waals surface area contributed by atoms with E-state index in [2.05, 4.69) is 9.97 Å². The summed E-state index contributed by atoms with van der Waals surface area (Å²) in [7, 11) is 2.94. The highest BCUT2D eigenvalue weighted by Crippen LogP contribution is 2.32. The molecule has 2 aromatic heterocycles. The minimum absolute atomic E-state index is 0.134. The third-order valence-electron chi connectivity index (χ3n) is 4.53. The zero-order valence-electron chi connectivity index (χ0n) is 15.8. The summed E-state index contributed by atoms with van der Waals surface area (Å²) in [4.78, 5) is 42.5. The number of Topliss-reactive ketones (excluding diaryl/α,β-unsaturated/α-hetero) is 1. The first-order valence-corrected chi connectivity index (χ1v) is 9.69. The molecule has 0 aliphatic rings. The van der Waals surface area contributed by atoms with E-state index in [9.17, 15) is 23.1 Å². The number of fused-ring (bicyclic) bond motifs is 2. The van der Waals surface area contributed by atoms with Crippen LogP contribution in [-0.4, -0.2) is 49.4 Å². The summed E-state index contributed by atoms with van der Waals surface area (Å²) < 4.78 is 30.0. The summed E-state index contributed by atoms with van der Waals surface area (Å²) in [6.45, 7) is 0. The number of H-pyrrole nitrogens is 2. The zero-order chi connectivity index (χ0) is 21.6. The number of ketones is 1. The molecule has 1 unspecified atom stereocenters. The van der Waals surface area contributed by atoms with E-state index >= 15 is 0 Å². The smallest absolute Gasteiger partial charge is 0.417 e. The van der Waals surface area contributed by atoms with E-state index in [4.69, 9.17) is 4.42 Å². The number of carbonyl (C=O) groups excluding carboxylic acids is 2. The quantitative estimate of drug-likeness (QED) is 0.282. The van der Waals surface area contributed by atoms with Gasteiger partial charge in [0.25, 0.3) is 11.7 Å². The number of nitrogens with zero attached hydrogens (tertiary/aromatic N) is 2. The van der Waals surface area contributed by atoms with Gasteiger partial charge in [0.2, 0.25) is 0 Å². The molecule has 0 aliphatic heterocycles. The van der Waals surface area contributed by atoms with Crippen molar-refractivity contribution in [1.29, 1.82) is 0 Å². The molecule has 30 heavy (non-hydrogen) atoms. The van der Waals surface area contributed by atoms with E-state index in [0.717, 1.165) is 4.31 Å². The average molecular weight is 427 g/mol. The molecule has 0 aliphatic carbocycles. The molecule has 2 aromatic carbocycles. The minimum atomic E-state index is -2.72. The van der Waals surface area contributed by atoms with Crippen LogP contribution >= 0.6 is 0 Å². The number of oxazole rings is 1. The van der Waals surface area contributed by atoms with Gasteiger partial charge in [0.15, 0.2) is 5.58 Å². The van der Waals surface area contributed by atoms with Crippen molar-refractivity contribution in [2.24, 2.45) is 0 Å². The van der Waals surface area contributed by atoms with Crippen molar-refractivity contribution in [1.82, 2.24) is 14.9 Å². The van der Waals surface area contributed by atoms with Gasteiger partial charge in [0.1, 0.15) is 0 Å². The molecule has 4 aromatic rings. The zero-order valence-corrected chi connectivity index (χ0v) is 16.6. The van der Waals surface area contributed by atoms with E-state index < -0.39 is 28.7 Å². The Morgan fingerprint density at radius 1 is 1.07 bits per heavy atom. The normalized spacial score (nSPS) is 12.2. The number of carbonyl (C=O) groups is 2. The number of anilines is 2. The number of aromatic amines is 2. The van der Waals surface area contributed by atoms with Crippen LogP contribution in [0.25, 0.3) is 22.0 Å². The molecule has 10 nitrogen and oxygen atoms in total. The van der Waals surface area contributed by atoms with Gasteiger partial charge in [-0.25, -0.2) is 4.79 Å². The largest absolute Gasteiger partial charge is 0.755 e. The third kappa shape index (κ3) is 3.29. The predicted octanol–water partition coefficient (Wildman–Crippen LogP) is 1.81. The fourth-order valence-corrected chi connectivity index (χ4v) is 3.69. The maximum atomic E-state index is 12.5. The first-order chi connectivity index (χ1) is 14.3. The van der Waals surface area contributed by atoms with Crippen LogP contribution < -0.4 is 10.1 Å². The lowest BCUT2D eigenvalue weighted by Crippen LogP contribution is -2.29. The van der Waals surface area contributed by atoms with E-state index in [1.54, 1.807) is 12.1 Å². The Morgan fingerprint density at radius 2 is 1.73 bits per heavy atom. The van der Waals surface area contributed by atoms with Gasteiger partial charge in [-0.2, -0.15) is 0 Å². The second kappa shape index (κ2) is 7.28. The molecule has 0 saturated carbocycles. The maximum Gasteiger partial charge on any atom is 0.417 e. The van der Waals surface area contributed by atoms with E-state index in [-0.39, 0.29) is 22.5 Å². The maximum absolute atomic E-state index is 12.5. The van der Waals surface area contributed by atoms with Gasteiger partial charge in [-0.1, -0.05) is 0 Å². The lowest BCUT2D eigenvalue weighted by molar-refractivity contribution is -0.124. The fourth-order valence-electron chi connectivity index (χ4n) is 3.12. The summed E-state index contributed by atoms with van der Waals surface area (Å²) in [6.07, 6.45) is 1.41. The number of benzene rings is 2. The molecule has 0 fully saturated rings. The van der Waals surface area contributed by atoms with Crippen LogP contribution in [0.2, 0.25) is 0 Å². The Bertz CT molecular complexity index is 1380. The van der Waals surface area contributed by atoms with Crippen molar-refractivity contribution < 1.29 is 22.8 Å². The average Bonchev–Trinajstić information content (AvgIpc) is 3.28. The summed E-state index contributed by atoms with van der Waals surface area (Å²) in [5.41, 5.74) is 1.79. The topological polar surface area (TPSA) is 143 Å². The summed E-state index contributed by atoms with van der Waals surface area (Å²) in [5.74, 6) is -2.06. The molecule has 154 valence electrons. The van der Waals surface area contributed by atoms with Crippen LogP contribution in [0.15, 0.2) is 51.8 Å². The van der Waals surface area contributed by atoms with Crippen molar-refractivity contribution in [3.05, 3.63) is 58.7 Å². The van der Waals surface area contributed by atoms with Crippen molar-refractivity contribution in [2.45, 2.75) is 0 Å². The van der Waals surface area contributed by atoms with Gasteiger partial charge in [0, 0.05) is 37.3 Å². The van der Waals surface area contributed by atoms with Gasteiger partial charge in [-0.3, -0.25) is 23.1 Å². The Balaban J connectivity index is 1.83. The van der Waals surface area contributed by atoms with Crippen LogP contribution in [0.4, 0.5) is 11.4 Å². The molecular formula is C19H15N4O6S-. The minimum Gasteiger partial charge on any atom is -0.755 e. The highest BCUT2D eigenvalue weighted by molar-refractivity contribution is 7.81. The van der Waals surface area contributed by atoms with Crippen molar-refractivity contribution in [3.8, 4) is 0 Å². The number of aromatic nitrogens is 2. The standard InChI is InChI=1S/C19H16N4O6S/c1-22(2)18(25)17(24)13-9-20-14-5-3-10(7-12(13)14)23(30(27)28)11-4-6-15-16(8-11)29-19(26)21-15/h3-9,20H,1-2H3,(H,21,26)(H,27,28)/p-1. The monoisotopic (exact) mass is 427 g/mol. The molecule has 0 saturated heterocycles. The molecule has 2 N–H and O–H groups in total. The Hall–Kier alpha value is -3.70. The molecule has 1 atom stereocenters. The van der Waals surface area contributed by atoms with Crippen LogP contribution in [0.5, 0.6) is 0 Å². The fraction of sp³-hybridized carbons (Fsp3) is 0.105. The number of rotatable bonds is 5. The van der Waals surface area contributed by atoms with Crippen LogP contribution in [0.1, 0.15) is 10.4 Å². The third-order valence-corrected chi connectivity index (χ3v) is 5.25. The Morgan fingerprint density at radius 3 is 2.40 bits per heavy atom. The van der Waals surface area contributed by atoms with Crippen molar-refractivity contribution in [2.75, 3.05) is 18.4 Å². The second-order valence-corrected chi connectivity index (χ2v) is 7.47. The molecule has 1 amide bonds. The molecule has 2 heterocycles. The number of hydrogen-bond acceptors (Lipinski definition) is 6. The SMILES string of the molecule is CN(C)C(=O)C(=O)c1c[nH]c2ccc(N(c3ccc4[nH]c(=O)oc4c3)S(=O)[O-])cc12. The van der Waals surface area contributed by atoms with Crippen LogP contribution in [0, 0.1) is 0 Å². The Labute approximate surface area is 171 Å². The molecule has 0 radical (unpaired) electrons. The van der Waals surface area contributed by atoms with Crippen LogP contribution in [0.3, 0.4) is 0 Å². The number of likely N-dealkylation sites (N-methyl/N-ethyl adjacent to an activating group) is 1. The van der Waals surface area contributed by atoms with Gasteiger partial charge >= 0.3 is 5.76 Å². The van der Waals surface area contributed by atoms with Gasteiger partial charge < -0.3 is 18.9 Å². The first-order valence-electron chi connectivity index (χ1n) is 8.66. The number of hydrogen-bond donors (Lipinski definition) is 2. The lowest BCUT2D eigenvalue weighted by Gasteiger charge is -2.26. The van der Waals surface area contributed by atoms with Gasteiger partial charge in [-0.15, -0.1) is 0 Å². The summed E-state index contributed by atoms with van der Waals surface area (Å²) in [6, 6.07) is 9.09. The molecule has 0 spiro atoms. The highest BCUT2D eigenvalue weighted by Gasteiger charge is 2.22. The van der Waals surface area contributed by atoms with Crippen molar-refractivity contribution >= 4 is 56.3 Å². The lowest BCUT2D eigenvalue weighted by atomic mass is 10.1. The molecule has 11 heteroatoms. The van der Waals surface area contributed by atoms with Crippen LogP contribution in [-0.2, 0) is 16.1 Å². The molecule has 4 rings (SSSR count). The summed E-state index contributed by atoms with van der Waals surface area (Å²) >= 11 is -2.72. The first kappa shape index (κ1) is 19.6. The van der Waals surface area contributed by atoms with E-state index in [1.807, 2.05) is 0 Å². The van der Waals surface area contributed by atoms with Crippen molar-refractivity contribution in [3.63, 3.8) is 0 Å². The Kier molecular flexibility index (Phi) is 4.76. The van der Waals surface area contributed by atoms with Gasteiger partial charge in [0.05, 0.1) is 33.7 Å². The van der Waals surface area contributed by atoms with E-state index in [1.165, 1.54) is 49.5 Å². The molecule has 0 bridgehead atoms. The molecular weight excluding hydrogens is 412 g/mol.